The average molecular weight is 201 g/mol. The van der Waals surface area contributed by atoms with Crippen molar-refractivity contribution in [3.63, 3.8) is 0 Å². The fraction of sp³-hybridized carbons (Fsp3) is 0.250. The molecule has 15 heavy (non-hydrogen) atoms. The highest BCUT2D eigenvalue weighted by atomic mass is 15.1. The Morgan fingerprint density at radius 3 is 2.53 bits per heavy atom. The predicted molar refractivity (Wildman–Crippen MR) is 62.5 cm³/mol. The van der Waals surface area contributed by atoms with Gasteiger partial charge >= 0.3 is 0 Å². The highest BCUT2D eigenvalue weighted by molar-refractivity contribution is 5.65. The standard InChI is InChI=1S/C12H15N3/c1-8-4-5-10(9(2)6-8)11-7-14-12(13)15(11)3/h4-7H,1-3H3,(H2,13,14). The monoisotopic (exact) mass is 201 g/mol. The average Bonchev–Trinajstić information content (AvgIpc) is 2.49. The molecular weight excluding hydrogens is 186 g/mol. The molecule has 2 rings (SSSR count). The number of aromatic nitrogens is 2. The summed E-state index contributed by atoms with van der Waals surface area (Å²) in [6.07, 6.45) is 1.81. The van der Waals surface area contributed by atoms with Crippen LogP contribution in [-0.4, -0.2) is 9.55 Å². The minimum Gasteiger partial charge on any atom is -0.369 e. The van der Waals surface area contributed by atoms with Crippen molar-refractivity contribution in [1.29, 1.82) is 0 Å². The molecule has 0 fully saturated rings. The molecule has 0 aliphatic rings. The molecule has 0 aliphatic carbocycles. The van der Waals surface area contributed by atoms with E-state index in [2.05, 4.69) is 37.0 Å². The Morgan fingerprint density at radius 2 is 2.00 bits per heavy atom. The van der Waals surface area contributed by atoms with Crippen molar-refractivity contribution in [2.24, 2.45) is 7.05 Å². The summed E-state index contributed by atoms with van der Waals surface area (Å²) in [6.45, 7) is 4.19. The number of aryl methyl sites for hydroxylation is 2. The smallest absolute Gasteiger partial charge is 0.200 e. The summed E-state index contributed by atoms with van der Waals surface area (Å²) < 4.78 is 1.90. The minimum atomic E-state index is 0.546. The van der Waals surface area contributed by atoms with Gasteiger partial charge in [0.05, 0.1) is 11.9 Å². The fourth-order valence-corrected chi connectivity index (χ4v) is 1.78. The van der Waals surface area contributed by atoms with Gasteiger partial charge in [-0.05, 0) is 19.4 Å². The van der Waals surface area contributed by atoms with E-state index in [1.165, 1.54) is 16.7 Å². The lowest BCUT2D eigenvalue weighted by Gasteiger charge is -2.07. The van der Waals surface area contributed by atoms with E-state index in [1.54, 1.807) is 0 Å². The third-order valence-electron chi connectivity index (χ3n) is 2.68. The summed E-state index contributed by atoms with van der Waals surface area (Å²) >= 11 is 0. The molecule has 0 unspecified atom stereocenters. The molecule has 0 spiro atoms. The van der Waals surface area contributed by atoms with Crippen molar-refractivity contribution in [3.8, 4) is 11.3 Å². The molecule has 1 aromatic heterocycles. The van der Waals surface area contributed by atoms with Crippen molar-refractivity contribution < 1.29 is 0 Å². The zero-order valence-corrected chi connectivity index (χ0v) is 9.28. The third kappa shape index (κ3) is 1.61. The van der Waals surface area contributed by atoms with E-state index < -0.39 is 0 Å². The van der Waals surface area contributed by atoms with Gasteiger partial charge in [0.15, 0.2) is 5.95 Å². The number of nitrogens with two attached hydrogens (primary N) is 1. The Morgan fingerprint density at radius 1 is 1.27 bits per heavy atom. The van der Waals surface area contributed by atoms with E-state index in [9.17, 15) is 0 Å². The first-order valence-electron chi connectivity index (χ1n) is 4.94. The van der Waals surface area contributed by atoms with E-state index >= 15 is 0 Å². The van der Waals surface area contributed by atoms with Gasteiger partial charge in [-0.1, -0.05) is 23.8 Å². The quantitative estimate of drug-likeness (QED) is 0.769. The van der Waals surface area contributed by atoms with Gasteiger partial charge in [0.1, 0.15) is 0 Å². The molecule has 3 heteroatoms. The predicted octanol–water partition coefficient (Wildman–Crippen LogP) is 2.29. The zero-order valence-electron chi connectivity index (χ0n) is 9.28. The van der Waals surface area contributed by atoms with Crippen LogP contribution < -0.4 is 5.73 Å². The van der Waals surface area contributed by atoms with Crippen molar-refractivity contribution in [1.82, 2.24) is 9.55 Å². The van der Waals surface area contributed by atoms with Crippen LogP contribution in [0.5, 0.6) is 0 Å². The maximum atomic E-state index is 5.71. The van der Waals surface area contributed by atoms with E-state index in [4.69, 9.17) is 5.73 Å². The first-order chi connectivity index (χ1) is 7.09. The van der Waals surface area contributed by atoms with Crippen LogP contribution in [0.25, 0.3) is 11.3 Å². The summed E-state index contributed by atoms with van der Waals surface area (Å²) in [5.41, 5.74) is 10.5. The van der Waals surface area contributed by atoms with Gasteiger partial charge in [-0.25, -0.2) is 4.98 Å². The Bertz CT molecular complexity index is 498. The van der Waals surface area contributed by atoms with E-state index in [1.807, 2.05) is 17.8 Å². The van der Waals surface area contributed by atoms with Crippen LogP contribution >= 0.6 is 0 Å². The molecule has 2 aromatic rings. The maximum Gasteiger partial charge on any atom is 0.200 e. The van der Waals surface area contributed by atoms with Crippen molar-refractivity contribution in [3.05, 3.63) is 35.5 Å². The summed E-state index contributed by atoms with van der Waals surface area (Å²) in [4.78, 5) is 4.10. The van der Waals surface area contributed by atoms with Crippen LogP contribution in [0.15, 0.2) is 24.4 Å². The first-order valence-corrected chi connectivity index (χ1v) is 4.94. The Labute approximate surface area is 89.6 Å². The van der Waals surface area contributed by atoms with Crippen molar-refractivity contribution in [2.75, 3.05) is 5.73 Å². The third-order valence-corrected chi connectivity index (χ3v) is 2.68. The largest absolute Gasteiger partial charge is 0.369 e. The molecule has 0 saturated carbocycles. The number of hydrogen-bond donors (Lipinski definition) is 1. The Hall–Kier alpha value is -1.77. The molecule has 0 atom stereocenters. The molecule has 0 saturated heterocycles. The van der Waals surface area contributed by atoms with Crippen molar-refractivity contribution in [2.45, 2.75) is 13.8 Å². The summed E-state index contributed by atoms with van der Waals surface area (Å²) in [5, 5.41) is 0. The first kappa shape index (κ1) is 9.77. The van der Waals surface area contributed by atoms with Crippen LogP contribution in [0, 0.1) is 13.8 Å². The molecule has 0 aliphatic heterocycles. The van der Waals surface area contributed by atoms with Gasteiger partial charge in [0.25, 0.3) is 0 Å². The SMILES string of the molecule is Cc1ccc(-c2cnc(N)n2C)c(C)c1. The molecule has 0 amide bonds. The Kier molecular flexibility index (Phi) is 2.23. The number of hydrogen-bond acceptors (Lipinski definition) is 2. The van der Waals surface area contributed by atoms with E-state index in [0.717, 1.165) is 5.69 Å². The van der Waals surface area contributed by atoms with Crippen molar-refractivity contribution >= 4 is 5.95 Å². The number of nitrogens with zero attached hydrogens (tertiary/aromatic N) is 2. The minimum absolute atomic E-state index is 0.546. The van der Waals surface area contributed by atoms with Gasteiger partial charge in [-0.2, -0.15) is 0 Å². The van der Waals surface area contributed by atoms with Gasteiger partial charge in [-0.3, -0.25) is 0 Å². The van der Waals surface area contributed by atoms with Crippen LogP contribution in [0.1, 0.15) is 11.1 Å². The van der Waals surface area contributed by atoms with Gasteiger partial charge in [-0.15, -0.1) is 0 Å². The normalized spacial score (nSPS) is 10.6. The Balaban J connectivity index is 2.59. The number of nitrogen functional groups attached to an aromatic ring is 1. The number of benzene rings is 1. The second-order valence-corrected chi connectivity index (χ2v) is 3.88. The van der Waals surface area contributed by atoms with Crippen LogP contribution in [-0.2, 0) is 7.05 Å². The van der Waals surface area contributed by atoms with Gasteiger partial charge in [0.2, 0.25) is 0 Å². The van der Waals surface area contributed by atoms with Crippen LogP contribution in [0.4, 0.5) is 5.95 Å². The molecule has 0 radical (unpaired) electrons. The lowest BCUT2D eigenvalue weighted by atomic mass is 10.0. The topological polar surface area (TPSA) is 43.8 Å². The summed E-state index contributed by atoms with van der Waals surface area (Å²) in [5.74, 6) is 0.546. The molecule has 3 nitrogen and oxygen atoms in total. The number of anilines is 1. The van der Waals surface area contributed by atoms with Gasteiger partial charge in [0, 0.05) is 12.6 Å². The highest BCUT2D eigenvalue weighted by Crippen LogP contribution is 2.24. The molecule has 1 heterocycles. The van der Waals surface area contributed by atoms with E-state index in [0.29, 0.717) is 5.95 Å². The number of rotatable bonds is 1. The van der Waals surface area contributed by atoms with E-state index in [-0.39, 0.29) is 0 Å². The molecular formula is C12H15N3. The lowest BCUT2D eigenvalue weighted by molar-refractivity contribution is 0.937. The molecule has 78 valence electrons. The van der Waals surface area contributed by atoms with Crippen LogP contribution in [0.2, 0.25) is 0 Å². The van der Waals surface area contributed by atoms with Gasteiger partial charge < -0.3 is 10.3 Å². The van der Waals surface area contributed by atoms with Crippen LogP contribution in [0.3, 0.4) is 0 Å². The fourth-order valence-electron chi connectivity index (χ4n) is 1.78. The summed E-state index contributed by atoms with van der Waals surface area (Å²) in [6, 6.07) is 6.38. The number of imidazole rings is 1. The zero-order chi connectivity index (χ0) is 11.0. The summed E-state index contributed by atoms with van der Waals surface area (Å²) in [7, 11) is 1.93. The highest BCUT2D eigenvalue weighted by Gasteiger charge is 2.08. The second kappa shape index (κ2) is 3.42. The molecule has 2 N–H and O–H groups in total. The molecule has 0 bridgehead atoms. The second-order valence-electron chi connectivity index (χ2n) is 3.88. The maximum absolute atomic E-state index is 5.71. The lowest BCUT2D eigenvalue weighted by Crippen LogP contribution is -1.99. The molecule has 1 aromatic carbocycles.